The van der Waals surface area contributed by atoms with Crippen LogP contribution in [-0.2, 0) is 0 Å². The molecular weight excluding hydrogens is 304 g/mol. The van der Waals surface area contributed by atoms with E-state index in [2.05, 4.69) is 15.6 Å². The van der Waals surface area contributed by atoms with Gasteiger partial charge in [-0.3, -0.25) is 10.1 Å². The van der Waals surface area contributed by atoms with E-state index in [1.165, 1.54) is 12.1 Å². The molecule has 0 unspecified atom stereocenters. The van der Waals surface area contributed by atoms with Crippen LogP contribution >= 0.6 is 0 Å². The standard InChI is InChI=1S/C18H18N4O2/c23-22(24)16-8-9-17-14(13-16)7-10-18(21-17)20-12-4-11-19-15-5-2-1-3-6-15/h1-3,5-10,13,19H,4,11-12H2,(H,20,21). The van der Waals surface area contributed by atoms with Gasteiger partial charge in [0, 0.05) is 36.3 Å². The van der Waals surface area contributed by atoms with Crippen LogP contribution in [0.2, 0.25) is 0 Å². The molecule has 0 aliphatic carbocycles. The van der Waals surface area contributed by atoms with Gasteiger partial charge in [-0.25, -0.2) is 4.98 Å². The van der Waals surface area contributed by atoms with E-state index in [0.717, 1.165) is 41.9 Å². The van der Waals surface area contributed by atoms with E-state index in [1.54, 1.807) is 6.07 Å². The highest BCUT2D eigenvalue weighted by atomic mass is 16.6. The van der Waals surface area contributed by atoms with E-state index < -0.39 is 4.92 Å². The van der Waals surface area contributed by atoms with Gasteiger partial charge in [0.1, 0.15) is 5.82 Å². The lowest BCUT2D eigenvalue weighted by Crippen LogP contribution is -2.09. The second-order valence-electron chi connectivity index (χ2n) is 5.40. The van der Waals surface area contributed by atoms with Crippen LogP contribution in [0.25, 0.3) is 10.9 Å². The molecule has 6 heteroatoms. The van der Waals surface area contributed by atoms with E-state index >= 15 is 0 Å². The number of pyridine rings is 1. The van der Waals surface area contributed by atoms with Crippen molar-refractivity contribution in [3.63, 3.8) is 0 Å². The van der Waals surface area contributed by atoms with Gasteiger partial charge in [-0.15, -0.1) is 0 Å². The maximum absolute atomic E-state index is 10.8. The molecule has 1 heterocycles. The molecule has 0 spiro atoms. The van der Waals surface area contributed by atoms with Gasteiger partial charge in [0.25, 0.3) is 5.69 Å². The van der Waals surface area contributed by atoms with Crippen molar-refractivity contribution in [1.82, 2.24) is 4.98 Å². The van der Waals surface area contributed by atoms with Crippen LogP contribution in [0.15, 0.2) is 60.7 Å². The third kappa shape index (κ3) is 3.98. The van der Waals surface area contributed by atoms with E-state index in [4.69, 9.17) is 0 Å². The van der Waals surface area contributed by atoms with Gasteiger partial charge in [-0.1, -0.05) is 18.2 Å². The number of rotatable bonds is 7. The Kier molecular flexibility index (Phi) is 4.86. The van der Waals surface area contributed by atoms with E-state index in [-0.39, 0.29) is 5.69 Å². The van der Waals surface area contributed by atoms with Crippen LogP contribution in [0.3, 0.4) is 0 Å². The number of nitro groups is 1. The van der Waals surface area contributed by atoms with Crippen molar-refractivity contribution in [1.29, 1.82) is 0 Å². The summed E-state index contributed by atoms with van der Waals surface area (Å²) in [4.78, 5) is 14.9. The lowest BCUT2D eigenvalue weighted by Gasteiger charge is -2.08. The number of nitrogens with one attached hydrogen (secondary N) is 2. The number of benzene rings is 2. The molecule has 0 saturated heterocycles. The summed E-state index contributed by atoms with van der Waals surface area (Å²) in [7, 11) is 0. The van der Waals surface area contributed by atoms with E-state index in [9.17, 15) is 10.1 Å². The summed E-state index contributed by atoms with van der Waals surface area (Å²) in [5.41, 5.74) is 1.94. The fourth-order valence-electron chi connectivity index (χ4n) is 2.42. The summed E-state index contributed by atoms with van der Waals surface area (Å²) < 4.78 is 0. The molecule has 6 nitrogen and oxygen atoms in total. The van der Waals surface area contributed by atoms with Crippen molar-refractivity contribution < 1.29 is 4.92 Å². The number of anilines is 2. The summed E-state index contributed by atoms with van der Waals surface area (Å²) in [6.45, 7) is 1.67. The second-order valence-corrected chi connectivity index (χ2v) is 5.40. The highest BCUT2D eigenvalue weighted by Gasteiger charge is 2.06. The topological polar surface area (TPSA) is 80.1 Å². The molecule has 0 aliphatic heterocycles. The first-order valence-corrected chi connectivity index (χ1v) is 7.80. The number of aromatic nitrogens is 1. The first-order chi connectivity index (χ1) is 11.7. The summed E-state index contributed by atoms with van der Waals surface area (Å²) in [5.74, 6) is 0.774. The number of nitro benzene ring substituents is 1. The molecule has 24 heavy (non-hydrogen) atoms. The van der Waals surface area contributed by atoms with Crippen LogP contribution < -0.4 is 10.6 Å². The maximum Gasteiger partial charge on any atom is 0.270 e. The molecule has 2 N–H and O–H groups in total. The van der Waals surface area contributed by atoms with Gasteiger partial charge in [-0.05, 0) is 36.8 Å². The Balaban J connectivity index is 1.52. The van der Waals surface area contributed by atoms with Crippen molar-refractivity contribution >= 4 is 28.1 Å². The molecule has 0 fully saturated rings. The van der Waals surface area contributed by atoms with Crippen LogP contribution in [0.1, 0.15) is 6.42 Å². The van der Waals surface area contributed by atoms with Crippen LogP contribution in [0.5, 0.6) is 0 Å². The van der Waals surface area contributed by atoms with Gasteiger partial charge in [0.05, 0.1) is 10.4 Å². The first-order valence-electron chi connectivity index (χ1n) is 7.80. The van der Waals surface area contributed by atoms with Gasteiger partial charge in [-0.2, -0.15) is 0 Å². The van der Waals surface area contributed by atoms with Gasteiger partial charge in [0.15, 0.2) is 0 Å². The molecule has 2 aromatic carbocycles. The lowest BCUT2D eigenvalue weighted by molar-refractivity contribution is -0.384. The first kappa shape index (κ1) is 15.7. The highest BCUT2D eigenvalue weighted by Crippen LogP contribution is 2.21. The molecule has 0 radical (unpaired) electrons. The van der Waals surface area contributed by atoms with Crippen molar-refractivity contribution in [2.75, 3.05) is 23.7 Å². The zero-order valence-electron chi connectivity index (χ0n) is 13.1. The molecule has 122 valence electrons. The average molecular weight is 322 g/mol. The van der Waals surface area contributed by atoms with Crippen LogP contribution in [-0.4, -0.2) is 23.0 Å². The quantitative estimate of drug-likeness (QED) is 0.389. The Labute approximate surface area is 139 Å². The fourth-order valence-corrected chi connectivity index (χ4v) is 2.42. The minimum Gasteiger partial charge on any atom is -0.385 e. The molecule has 0 atom stereocenters. The Morgan fingerprint density at radius 3 is 2.54 bits per heavy atom. The predicted molar refractivity (Wildman–Crippen MR) is 96.4 cm³/mol. The van der Waals surface area contributed by atoms with Gasteiger partial charge in [0.2, 0.25) is 0 Å². The van der Waals surface area contributed by atoms with Crippen LogP contribution in [0.4, 0.5) is 17.2 Å². The smallest absolute Gasteiger partial charge is 0.270 e. The molecule has 3 aromatic rings. The van der Waals surface area contributed by atoms with Crippen LogP contribution in [0, 0.1) is 10.1 Å². The van der Waals surface area contributed by atoms with Crippen molar-refractivity contribution in [3.8, 4) is 0 Å². The molecular formula is C18H18N4O2. The Hall–Kier alpha value is -3.15. The van der Waals surface area contributed by atoms with Gasteiger partial charge < -0.3 is 10.6 Å². The number of nitrogens with zero attached hydrogens (tertiary/aromatic N) is 2. The minimum atomic E-state index is -0.397. The average Bonchev–Trinajstić information content (AvgIpc) is 2.61. The number of hydrogen-bond donors (Lipinski definition) is 2. The third-order valence-electron chi connectivity index (χ3n) is 3.65. The molecule has 1 aromatic heterocycles. The molecule has 0 amide bonds. The summed E-state index contributed by atoms with van der Waals surface area (Å²) in [6.07, 6.45) is 0.953. The molecule has 0 saturated carbocycles. The Morgan fingerprint density at radius 1 is 0.958 bits per heavy atom. The van der Waals surface area contributed by atoms with Crippen molar-refractivity contribution in [2.45, 2.75) is 6.42 Å². The minimum absolute atomic E-state index is 0.0806. The number of para-hydroxylation sites is 1. The van der Waals surface area contributed by atoms with E-state index in [1.807, 2.05) is 42.5 Å². The monoisotopic (exact) mass is 322 g/mol. The van der Waals surface area contributed by atoms with E-state index in [0.29, 0.717) is 0 Å². The number of fused-ring (bicyclic) bond motifs is 1. The Bertz CT molecular complexity index is 837. The number of non-ortho nitro benzene ring substituents is 1. The summed E-state index contributed by atoms with van der Waals surface area (Å²) in [5, 5.41) is 18.2. The fraction of sp³-hybridized carbons (Fsp3) is 0.167. The maximum atomic E-state index is 10.8. The van der Waals surface area contributed by atoms with Gasteiger partial charge >= 0.3 is 0 Å². The summed E-state index contributed by atoms with van der Waals surface area (Å²) >= 11 is 0. The Morgan fingerprint density at radius 2 is 1.75 bits per heavy atom. The summed E-state index contributed by atoms with van der Waals surface area (Å²) in [6, 6.07) is 18.5. The second kappa shape index (κ2) is 7.41. The molecule has 0 aliphatic rings. The van der Waals surface area contributed by atoms with Crippen molar-refractivity contribution in [2.24, 2.45) is 0 Å². The molecule has 0 bridgehead atoms. The SMILES string of the molecule is O=[N+]([O-])c1ccc2nc(NCCCNc3ccccc3)ccc2c1. The normalized spacial score (nSPS) is 10.5. The zero-order valence-corrected chi connectivity index (χ0v) is 13.1. The highest BCUT2D eigenvalue weighted by molar-refractivity contribution is 5.82. The lowest BCUT2D eigenvalue weighted by atomic mass is 10.2. The third-order valence-corrected chi connectivity index (χ3v) is 3.65. The zero-order chi connectivity index (χ0) is 16.8. The van der Waals surface area contributed by atoms with Crippen molar-refractivity contribution in [3.05, 3.63) is 70.8 Å². The molecule has 3 rings (SSSR count). The largest absolute Gasteiger partial charge is 0.385 e. The predicted octanol–water partition coefficient (Wildman–Crippen LogP) is 4.06. The number of hydrogen-bond acceptors (Lipinski definition) is 5.